The lowest BCUT2D eigenvalue weighted by molar-refractivity contribution is 0.362. The average molecular weight is 413 g/mol. The molecule has 0 saturated heterocycles. The Kier molecular flexibility index (Phi) is 11.2. The van der Waals surface area contributed by atoms with E-state index in [1.54, 1.807) is 0 Å². The third-order valence-electron chi connectivity index (χ3n) is 5.96. The Morgan fingerprint density at radius 2 is 1.44 bits per heavy atom. The lowest BCUT2D eigenvalue weighted by Gasteiger charge is -2.33. The van der Waals surface area contributed by atoms with E-state index in [4.69, 9.17) is 10.8 Å². The van der Waals surface area contributed by atoms with Gasteiger partial charge in [0.1, 0.15) is 0 Å². The topological polar surface area (TPSA) is 71.8 Å². The first kappa shape index (κ1) is 23.1. The van der Waals surface area contributed by atoms with Crippen LogP contribution in [0.1, 0.15) is 65.2 Å². The summed E-state index contributed by atoms with van der Waals surface area (Å²) in [6, 6.07) is 0. The van der Waals surface area contributed by atoms with Crippen molar-refractivity contribution in [1.29, 1.82) is 10.8 Å². The molecule has 4 nitrogen and oxygen atoms in total. The molecule has 0 aromatic heterocycles. The quantitative estimate of drug-likeness (QED) is 0.177. The molecule has 0 spiro atoms. The van der Waals surface area contributed by atoms with Crippen LogP contribution in [0.25, 0.3) is 0 Å². The first-order chi connectivity index (χ1) is 13.1. The highest BCUT2D eigenvalue weighted by Gasteiger charge is 2.27. The van der Waals surface area contributed by atoms with E-state index in [1.807, 2.05) is 0 Å². The molecule has 0 bridgehead atoms. The van der Waals surface area contributed by atoms with Crippen LogP contribution in [0.4, 0.5) is 0 Å². The van der Waals surface area contributed by atoms with Crippen molar-refractivity contribution in [3.05, 3.63) is 0 Å². The van der Waals surface area contributed by atoms with Gasteiger partial charge in [-0.05, 0) is 56.8 Å². The number of thioether (sulfide) groups is 2. The van der Waals surface area contributed by atoms with E-state index >= 15 is 0 Å². The van der Waals surface area contributed by atoms with Crippen LogP contribution in [0.2, 0.25) is 0 Å². The highest BCUT2D eigenvalue weighted by atomic mass is 32.2. The van der Waals surface area contributed by atoms with Crippen LogP contribution in [-0.4, -0.2) is 53.2 Å². The Morgan fingerprint density at radius 1 is 0.852 bits per heavy atom. The highest BCUT2D eigenvalue weighted by molar-refractivity contribution is 8.00. The molecular formula is C21H40N4S2. The van der Waals surface area contributed by atoms with Gasteiger partial charge >= 0.3 is 0 Å². The molecule has 2 fully saturated rings. The summed E-state index contributed by atoms with van der Waals surface area (Å²) in [5.74, 6) is 4.76. The summed E-state index contributed by atoms with van der Waals surface area (Å²) in [5.41, 5.74) is 0.808. The summed E-state index contributed by atoms with van der Waals surface area (Å²) in [7, 11) is 0. The van der Waals surface area contributed by atoms with Crippen LogP contribution in [-0.2, 0) is 0 Å². The zero-order valence-corrected chi connectivity index (χ0v) is 19.0. The Labute approximate surface area is 175 Å². The number of hydrogen-bond donors (Lipinski definition) is 4. The van der Waals surface area contributed by atoms with E-state index in [9.17, 15) is 0 Å². The number of unbranched alkanes of at least 4 members (excludes halogenated alkanes) is 1. The first-order valence-electron chi connectivity index (χ1n) is 10.9. The molecule has 0 heterocycles. The van der Waals surface area contributed by atoms with Crippen molar-refractivity contribution in [1.82, 2.24) is 10.6 Å². The third kappa shape index (κ3) is 9.23. The van der Waals surface area contributed by atoms with Gasteiger partial charge in [0.05, 0.1) is 5.84 Å². The van der Waals surface area contributed by atoms with Crippen molar-refractivity contribution in [2.75, 3.05) is 31.1 Å². The second-order valence-electron chi connectivity index (χ2n) is 8.32. The summed E-state index contributed by atoms with van der Waals surface area (Å²) < 4.78 is 0. The molecule has 2 aliphatic rings. The minimum Gasteiger partial charge on any atom is -0.373 e. The van der Waals surface area contributed by atoms with Crippen molar-refractivity contribution < 1.29 is 0 Å². The predicted octanol–water partition coefficient (Wildman–Crippen LogP) is 4.79. The van der Waals surface area contributed by atoms with Crippen LogP contribution in [0.3, 0.4) is 0 Å². The Hall–Kier alpha value is -0.200. The van der Waals surface area contributed by atoms with Gasteiger partial charge in [0.2, 0.25) is 0 Å². The summed E-state index contributed by atoms with van der Waals surface area (Å²) in [6.07, 6.45) is 9.28. The molecule has 2 aliphatic carbocycles. The summed E-state index contributed by atoms with van der Waals surface area (Å²) in [4.78, 5) is 0. The van der Waals surface area contributed by atoms with Crippen LogP contribution >= 0.6 is 23.5 Å². The zero-order chi connectivity index (χ0) is 19.5. The molecule has 156 valence electrons. The van der Waals surface area contributed by atoms with Crippen molar-refractivity contribution in [2.24, 2.45) is 11.8 Å². The van der Waals surface area contributed by atoms with Crippen molar-refractivity contribution in [3.8, 4) is 0 Å². The van der Waals surface area contributed by atoms with Crippen LogP contribution in [0, 0.1) is 22.7 Å². The summed E-state index contributed by atoms with van der Waals surface area (Å²) >= 11 is 4.16. The molecule has 4 unspecified atom stereocenters. The van der Waals surface area contributed by atoms with Gasteiger partial charge in [0.15, 0.2) is 0 Å². The second kappa shape index (κ2) is 13.1. The van der Waals surface area contributed by atoms with E-state index < -0.39 is 0 Å². The van der Waals surface area contributed by atoms with Crippen LogP contribution in [0.5, 0.6) is 0 Å². The van der Waals surface area contributed by atoms with Gasteiger partial charge in [-0.1, -0.05) is 13.8 Å². The van der Waals surface area contributed by atoms with Gasteiger partial charge in [-0.25, -0.2) is 0 Å². The maximum atomic E-state index is 8.05. The van der Waals surface area contributed by atoms with E-state index in [-0.39, 0.29) is 0 Å². The Balaban J connectivity index is 1.33. The number of nitrogens with one attached hydrogen (secondary N) is 4. The Bertz CT molecular complexity index is 457. The van der Waals surface area contributed by atoms with E-state index in [2.05, 4.69) is 48.0 Å². The van der Waals surface area contributed by atoms with Gasteiger partial charge in [-0.2, -0.15) is 23.5 Å². The molecular weight excluding hydrogens is 372 g/mol. The first-order valence-corrected chi connectivity index (χ1v) is 13.0. The molecule has 0 amide bonds. The second-order valence-corrected chi connectivity index (χ2v) is 11.0. The van der Waals surface area contributed by atoms with Crippen molar-refractivity contribution >= 4 is 35.1 Å². The smallest absolute Gasteiger partial charge is 0.0931 e. The highest BCUT2D eigenvalue weighted by Crippen LogP contribution is 2.37. The van der Waals surface area contributed by atoms with Crippen LogP contribution in [0.15, 0.2) is 0 Å². The summed E-state index contributed by atoms with van der Waals surface area (Å²) in [6.45, 7) is 7.37. The molecule has 4 N–H and O–H groups in total. The maximum Gasteiger partial charge on any atom is 0.0931 e. The van der Waals surface area contributed by atoms with Crippen LogP contribution < -0.4 is 10.6 Å². The van der Waals surface area contributed by atoms with Gasteiger partial charge in [-0.15, -0.1) is 0 Å². The van der Waals surface area contributed by atoms with E-state index in [0.717, 1.165) is 79.1 Å². The Morgan fingerprint density at radius 3 is 2.00 bits per heavy atom. The molecule has 27 heavy (non-hydrogen) atoms. The average Bonchev–Trinajstić information content (AvgIpc) is 2.65. The fourth-order valence-corrected chi connectivity index (χ4v) is 6.14. The minimum atomic E-state index is 0.671. The standard InChI is InChI=1S/C21H40N4S2/c1-16-7-9-19(16)26-13-11-24-15-18(22)5-3-4-6-21(23)25-12-14-27-20-10-8-17(20)2/h16-17,19-20,22,24H,3-15H2,1-2H3,(H2,23,25). The minimum absolute atomic E-state index is 0.671. The lowest BCUT2D eigenvalue weighted by Crippen LogP contribution is -2.29. The normalized spacial score (nSPS) is 26.9. The molecule has 2 saturated carbocycles. The third-order valence-corrected chi connectivity index (χ3v) is 9.10. The zero-order valence-electron chi connectivity index (χ0n) is 17.3. The van der Waals surface area contributed by atoms with Gasteiger partial charge in [0, 0.05) is 53.8 Å². The predicted molar refractivity (Wildman–Crippen MR) is 124 cm³/mol. The van der Waals surface area contributed by atoms with Gasteiger partial charge in [0.25, 0.3) is 0 Å². The molecule has 0 aromatic carbocycles. The molecule has 0 radical (unpaired) electrons. The number of amidine groups is 1. The SMILES string of the molecule is CC1CCC1SCCNCC(=N)CCCCC(=N)NCCSC1CCC1C. The fourth-order valence-electron chi connectivity index (χ4n) is 3.52. The van der Waals surface area contributed by atoms with E-state index in [1.165, 1.54) is 31.4 Å². The molecule has 2 rings (SSSR count). The lowest BCUT2D eigenvalue weighted by atomic mass is 9.87. The van der Waals surface area contributed by atoms with Gasteiger partial charge < -0.3 is 16.0 Å². The molecule has 4 atom stereocenters. The number of rotatable bonds is 15. The number of hydrogen-bond acceptors (Lipinski definition) is 5. The molecule has 6 heteroatoms. The van der Waals surface area contributed by atoms with Crippen molar-refractivity contribution in [2.45, 2.75) is 75.7 Å². The monoisotopic (exact) mass is 412 g/mol. The fraction of sp³-hybridized carbons (Fsp3) is 0.905. The molecule has 0 aliphatic heterocycles. The maximum absolute atomic E-state index is 8.05. The summed E-state index contributed by atoms with van der Waals surface area (Å²) in [5, 5.41) is 24.5. The van der Waals surface area contributed by atoms with E-state index in [0.29, 0.717) is 5.84 Å². The van der Waals surface area contributed by atoms with Crippen molar-refractivity contribution in [3.63, 3.8) is 0 Å². The van der Waals surface area contributed by atoms with Gasteiger partial charge in [-0.3, -0.25) is 5.41 Å². The molecule has 0 aromatic rings. The largest absolute Gasteiger partial charge is 0.373 e.